The van der Waals surface area contributed by atoms with Gasteiger partial charge in [-0.25, -0.2) is 4.79 Å². The van der Waals surface area contributed by atoms with Gasteiger partial charge >= 0.3 is 5.97 Å². The summed E-state index contributed by atoms with van der Waals surface area (Å²) in [6, 6.07) is 1.51. The SMILES string of the molecule is CCCCOC(=O)C1(NC(=O)c2cncc(N)c2)CCOC1. The van der Waals surface area contributed by atoms with Crippen molar-refractivity contribution in [2.45, 2.75) is 31.7 Å². The molecular formula is C15H21N3O4. The average Bonchev–Trinajstić information content (AvgIpc) is 2.97. The van der Waals surface area contributed by atoms with Crippen molar-refractivity contribution in [2.75, 3.05) is 25.6 Å². The van der Waals surface area contributed by atoms with E-state index in [1.807, 2.05) is 6.92 Å². The lowest BCUT2D eigenvalue weighted by Gasteiger charge is -2.26. The van der Waals surface area contributed by atoms with Crippen molar-refractivity contribution in [2.24, 2.45) is 0 Å². The van der Waals surface area contributed by atoms with Gasteiger partial charge in [-0.15, -0.1) is 0 Å². The number of nitrogens with two attached hydrogens (primary N) is 1. The number of unbranched alkanes of at least 4 members (excludes halogenated alkanes) is 1. The van der Waals surface area contributed by atoms with Crippen molar-refractivity contribution in [1.29, 1.82) is 0 Å². The number of esters is 1. The molecule has 1 saturated heterocycles. The molecule has 0 spiro atoms. The second-order valence-corrected chi connectivity index (χ2v) is 5.34. The van der Waals surface area contributed by atoms with Crippen LogP contribution in [-0.2, 0) is 14.3 Å². The molecule has 0 saturated carbocycles. The fourth-order valence-electron chi connectivity index (χ4n) is 2.19. The van der Waals surface area contributed by atoms with E-state index in [0.717, 1.165) is 12.8 Å². The molecule has 3 N–H and O–H groups in total. The summed E-state index contributed by atoms with van der Waals surface area (Å²) in [5.41, 5.74) is 5.17. The first-order chi connectivity index (χ1) is 10.6. The third-order valence-corrected chi connectivity index (χ3v) is 3.52. The number of nitrogens with zero attached hydrogens (tertiary/aromatic N) is 1. The van der Waals surface area contributed by atoms with Crippen LogP contribution in [-0.4, -0.2) is 42.2 Å². The summed E-state index contributed by atoms with van der Waals surface area (Å²) in [5, 5.41) is 2.73. The minimum atomic E-state index is -1.13. The zero-order chi connectivity index (χ0) is 16.0. The minimum absolute atomic E-state index is 0.111. The van der Waals surface area contributed by atoms with E-state index in [2.05, 4.69) is 10.3 Å². The quantitative estimate of drug-likeness (QED) is 0.597. The van der Waals surface area contributed by atoms with Crippen LogP contribution in [0.15, 0.2) is 18.5 Å². The maximum absolute atomic E-state index is 12.3. The molecule has 1 aromatic rings. The Morgan fingerprint density at radius 1 is 1.50 bits per heavy atom. The van der Waals surface area contributed by atoms with Crippen molar-refractivity contribution < 1.29 is 19.1 Å². The Kier molecular flexibility index (Phi) is 5.32. The average molecular weight is 307 g/mol. The highest BCUT2D eigenvalue weighted by Gasteiger charge is 2.45. The molecule has 1 amide bonds. The zero-order valence-corrected chi connectivity index (χ0v) is 12.6. The van der Waals surface area contributed by atoms with E-state index in [9.17, 15) is 9.59 Å². The standard InChI is InChI=1S/C15H21N3O4/c1-2-3-5-22-14(20)15(4-6-21-10-15)18-13(19)11-7-12(16)9-17-8-11/h7-9H,2-6,10,16H2,1H3,(H,18,19). The van der Waals surface area contributed by atoms with E-state index < -0.39 is 17.4 Å². The van der Waals surface area contributed by atoms with Crippen LogP contribution in [0, 0.1) is 0 Å². The van der Waals surface area contributed by atoms with Gasteiger partial charge in [0, 0.05) is 25.4 Å². The number of hydrogen-bond acceptors (Lipinski definition) is 6. The molecule has 120 valence electrons. The van der Waals surface area contributed by atoms with Crippen molar-refractivity contribution in [1.82, 2.24) is 10.3 Å². The van der Waals surface area contributed by atoms with Gasteiger partial charge in [-0.2, -0.15) is 0 Å². The molecule has 22 heavy (non-hydrogen) atoms. The smallest absolute Gasteiger partial charge is 0.334 e. The largest absolute Gasteiger partial charge is 0.464 e. The molecule has 0 bridgehead atoms. The van der Waals surface area contributed by atoms with E-state index in [-0.39, 0.29) is 6.61 Å². The summed E-state index contributed by atoms with van der Waals surface area (Å²) in [5.74, 6) is -0.874. The van der Waals surface area contributed by atoms with E-state index in [1.54, 1.807) is 0 Å². The maximum Gasteiger partial charge on any atom is 0.334 e. The lowest BCUT2D eigenvalue weighted by Crippen LogP contribution is -2.56. The monoisotopic (exact) mass is 307 g/mol. The molecule has 0 radical (unpaired) electrons. The molecule has 1 aromatic heterocycles. The third kappa shape index (κ3) is 3.73. The predicted octanol–water partition coefficient (Wildman–Crippen LogP) is 0.896. The minimum Gasteiger partial charge on any atom is -0.464 e. The van der Waals surface area contributed by atoms with Gasteiger partial charge in [-0.05, 0) is 12.5 Å². The first-order valence-electron chi connectivity index (χ1n) is 7.35. The number of anilines is 1. The molecule has 1 aliphatic rings. The number of nitrogens with one attached hydrogen (secondary N) is 1. The van der Waals surface area contributed by atoms with Gasteiger partial charge in [0.2, 0.25) is 0 Å². The van der Waals surface area contributed by atoms with Crippen molar-refractivity contribution in [3.8, 4) is 0 Å². The van der Waals surface area contributed by atoms with E-state index in [1.165, 1.54) is 18.5 Å². The van der Waals surface area contributed by atoms with Crippen molar-refractivity contribution in [3.05, 3.63) is 24.0 Å². The van der Waals surface area contributed by atoms with Gasteiger partial charge in [-0.3, -0.25) is 9.78 Å². The number of amides is 1. The number of rotatable bonds is 6. The van der Waals surface area contributed by atoms with Crippen LogP contribution >= 0.6 is 0 Å². The fraction of sp³-hybridized carbons (Fsp3) is 0.533. The van der Waals surface area contributed by atoms with Gasteiger partial charge in [0.1, 0.15) is 0 Å². The number of nitrogen functional groups attached to an aromatic ring is 1. The van der Waals surface area contributed by atoms with Gasteiger partial charge in [0.05, 0.1) is 24.5 Å². The number of carbonyl (C=O) groups excluding carboxylic acids is 2. The molecule has 0 aliphatic carbocycles. The second kappa shape index (κ2) is 7.22. The second-order valence-electron chi connectivity index (χ2n) is 5.34. The molecule has 7 heteroatoms. The maximum atomic E-state index is 12.3. The van der Waals surface area contributed by atoms with E-state index >= 15 is 0 Å². The summed E-state index contributed by atoms with van der Waals surface area (Å²) in [4.78, 5) is 28.5. The molecule has 1 unspecified atom stereocenters. The predicted molar refractivity (Wildman–Crippen MR) is 80.1 cm³/mol. The van der Waals surface area contributed by atoms with Gasteiger partial charge in [0.25, 0.3) is 5.91 Å². The van der Waals surface area contributed by atoms with Gasteiger partial charge in [-0.1, -0.05) is 13.3 Å². The Morgan fingerprint density at radius 3 is 2.95 bits per heavy atom. The molecule has 1 aliphatic heterocycles. The Hall–Kier alpha value is -2.15. The highest BCUT2D eigenvalue weighted by atomic mass is 16.5. The first-order valence-corrected chi connectivity index (χ1v) is 7.35. The number of pyridine rings is 1. The summed E-state index contributed by atoms with van der Waals surface area (Å²) in [7, 11) is 0. The fourth-order valence-corrected chi connectivity index (χ4v) is 2.19. The van der Waals surface area contributed by atoms with Crippen LogP contribution in [0.3, 0.4) is 0 Å². The van der Waals surface area contributed by atoms with Crippen LogP contribution < -0.4 is 11.1 Å². The van der Waals surface area contributed by atoms with Gasteiger partial charge in [0.15, 0.2) is 5.54 Å². The topological polar surface area (TPSA) is 104 Å². The summed E-state index contributed by atoms with van der Waals surface area (Å²) in [6.45, 7) is 2.86. The number of carbonyl (C=O) groups is 2. The highest BCUT2D eigenvalue weighted by Crippen LogP contribution is 2.21. The van der Waals surface area contributed by atoms with E-state index in [4.69, 9.17) is 15.2 Å². The summed E-state index contributed by atoms with van der Waals surface area (Å²) >= 11 is 0. The first kappa shape index (κ1) is 16.2. The van der Waals surface area contributed by atoms with Crippen LogP contribution in [0.25, 0.3) is 0 Å². The van der Waals surface area contributed by atoms with Crippen molar-refractivity contribution >= 4 is 17.6 Å². The van der Waals surface area contributed by atoms with Crippen LogP contribution in [0.4, 0.5) is 5.69 Å². The molecular weight excluding hydrogens is 286 g/mol. The summed E-state index contributed by atoms with van der Waals surface area (Å²) in [6.07, 6.45) is 4.95. The number of hydrogen-bond donors (Lipinski definition) is 2. The van der Waals surface area contributed by atoms with Gasteiger partial charge < -0.3 is 20.5 Å². The van der Waals surface area contributed by atoms with Crippen LogP contribution in [0.5, 0.6) is 0 Å². The Morgan fingerprint density at radius 2 is 2.32 bits per heavy atom. The molecule has 1 atom stereocenters. The zero-order valence-electron chi connectivity index (χ0n) is 12.6. The number of aromatic nitrogens is 1. The molecule has 7 nitrogen and oxygen atoms in total. The van der Waals surface area contributed by atoms with E-state index in [0.29, 0.717) is 30.9 Å². The number of ether oxygens (including phenoxy) is 2. The highest BCUT2D eigenvalue weighted by molar-refractivity contribution is 5.98. The lowest BCUT2D eigenvalue weighted by molar-refractivity contribution is -0.151. The Labute approximate surface area is 129 Å². The molecule has 1 fully saturated rings. The van der Waals surface area contributed by atoms with Crippen molar-refractivity contribution in [3.63, 3.8) is 0 Å². The lowest BCUT2D eigenvalue weighted by atomic mass is 9.98. The molecule has 2 heterocycles. The summed E-state index contributed by atoms with van der Waals surface area (Å²) < 4.78 is 10.5. The normalized spacial score (nSPS) is 20.6. The van der Waals surface area contributed by atoms with Crippen LogP contribution in [0.1, 0.15) is 36.5 Å². The molecule has 2 rings (SSSR count). The Bertz CT molecular complexity index is 541. The Balaban J connectivity index is 2.07. The third-order valence-electron chi connectivity index (χ3n) is 3.52. The van der Waals surface area contributed by atoms with Crippen LogP contribution in [0.2, 0.25) is 0 Å². The molecule has 0 aromatic carbocycles.